The molecule has 1 unspecified atom stereocenters. The van der Waals surface area contributed by atoms with Crippen LogP contribution in [-0.4, -0.2) is 22.9 Å². The molecule has 0 aliphatic carbocycles. The van der Waals surface area contributed by atoms with Crippen LogP contribution in [0.15, 0.2) is 24.3 Å². The minimum absolute atomic E-state index is 0.0822. The van der Waals surface area contributed by atoms with Crippen LogP contribution in [0, 0.1) is 13.8 Å². The number of hydrogen-bond donors (Lipinski definition) is 2. The average Bonchev–Trinajstić information content (AvgIpc) is 2.83. The summed E-state index contributed by atoms with van der Waals surface area (Å²) in [6.45, 7) is 4.35. The van der Waals surface area contributed by atoms with Gasteiger partial charge in [-0.3, -0.25) is 9.89 Å². The fourth-order valence-corrected chi connectivity index (χ4v) is 2.40. The third-order valence-electron chi connectivity index (χ3n) is 3.61. The molecule has 3 rings (SSSR count). The Hall–Kier alpha value is -2.34. The molecule has 1 atom stereocenters. The number of para-hydroxylation sites is 1. The fraction of sp³-hybridized carbons (Fsp3) is 0.333. The Morgan fingerprint density at radius 3 is 3.00 bits per heavy atom. The molecule has 1 amide bonds. The number of aromatic nitrogens is 2. The molecule has 0 spiro atoms. The van der Waals surface area contributed by atoms with Crippen LogP contribution in [0.2, 0.25) is 0 Å². The molecule has 6 nitrogen and oxygen atoms in total. The Labute approximate surface area is 122 Å². The number of benzene rings is 1. The number of aromatic amines is 1. The van der Waals surface area contributed by atoms with Crippen LogP contribution < -0.4 is 10.1 Å². The van der Waals surface area contributed by atoms with Crippen LogP contribution in [0.5, 0.6) is 5.75 Å². The molecule has 0 bridgehead atoms. The molecule has 0 saturated carbocycles. The van der Waals surface area contributed by atoms with Gasteiger partial charge in [-0.2, -0.15) is 5.10 Å². The molecule has 2 N–H and O–H groups in total. The lowest BCUT2D eigenvalue weighted by molar-refractivity contribution is -0.142. The van der Waals surface area contributed by atoms with Gasteiger partial charge in [-0.25, -0.2) is 0 Å². The van der Waals surface area contributed by atoms with Crippen LogP contribution in [0.4, 0.5) is 0 Å². The third kappa shape index (κ3) is 2.62. The van der Waals surface area contributed by atoms with Crippen molar-refractivity contribution in [2.24, 2.45) is 0 Å². The number of carbonyl (C=O) groups excluding carboxylic acids is 1. The van der Waals surface area contributed by atoms with Crippen molar-refractivity contribution in [3.05, 3.63) is 46.8 Å². The first kappa shape index (κ1) is 13.6. The number of H-pyrrole nitrogens is 1. The number of fused-ring (bicyclic) bond motifs is 1. The van der Waals surface area contributed by atoms with Gasteiger partial charge in [0.25, 0.3) is 5.91 Å². The summed E-state index contributed by atoms with van der Waals surface area (Å²) in [5.41, 5.74) is 3.60. The number of aryl methyl sites for hydroxylation is 2. The smallest absolute Gasteiger partial charge is 0.254 e. The van der Waals surface area contributed by atoms with Gasteiger partial charge >= 0.3 is 0 Å². The highest BCUT2D eigenvalue weighted by atomic mass is 16.7. The molecular formula is C15H17N3O3. The SMILES string of the molecule is Cc1n[nH]c(C)c1CNC(=O)C1OCOc2ccccc21. The standard InChI is InChI=1S/C15H17N3O3/c1-9-12(10(2)18-17-9)7-16-15(19)14-11-5-3-4-6-13(11)20-8-21-14/h3-6,14H,7-8H2,1-2H3,(H,16,19)(H,17,18). The van der Waals surface area contributed by atoms with E-state index in [9.17, 15) is 4.79 Å². The lowest BCUT2D eigenvalue weighted by Gasteiger charge is -2.25. The highest BCUT2D eigenvalue weighted by molar-refractivity contribution is 5.83. The molecule has 21 heavy (non-hydrogen) atoms. The minimum atomic E-state index is -0.637. The van der Waals surface area contributed by atoms with Crippen molar-refractivity contribution in [2.75, 3.05) is 6.79 Å². The van der Waals surface area contributed by atoms with Crippen molar-refractivity contribution >= 4 is 5.91 Å². The zero-order chi connectivity index (χ0) is 14.8. The number of rotatable bonds is 3. The van der Waals surface area contributed by atoms with Gasteiger partial charge in [-0.15, -0.1) is 0 Å². The molecule has 1 aromatic carbocycles. The molecular weight excluding hydrogens is 270 g/mol. The molecule has 6 heteroatoms. The van der Waals surface area contributed by atoms with Crippen molar-refractivity contribution in [1.82, 2.24) is 15.5 Å². The second-order valence-electron chi connectivity index (χ2n) is 4.98. The first-order chi connectivity index (χ1) is 10.2. The number of nitrogens with zero attached hydrogens (tertiary/aromatic N) is 1. The van der Waals surface area contributed by atoms with Crippen molar-refractivity contribution in [1.29, 1.82) is 0 Å². The molecule has 2 heterocycles. The van der Waals surface area contributed by atoms with E-state index < -0.39 is 6.10 Å². The zero-order valence-electron chi connectivity index (χ0n) is 12.0. The van der Waals surface area contributed by atoms with E-state index in [4.69, 9.17) is 9.47 Å². The summed E-state index contributed by atoms with van der Waals surface area (Å²) in [6, 6.07) is 7.41. The predicted molar refractivity (Wildman–Crippen MR) is 75.7 cm³/mol. The van der Waals surface area contributed by atoms with Crippen LogP contribution in [0.1, 0.15) is 28.6 Å². The van der Waals surface area contributed by atoms with Crippen LogP contribution in [-0.2, 0) is 16.1 Å². The third-order valence-corrected chi connectivity index (χ3v) is 3.61. The van der Waals surface area contributed by atoms with Gasteiger partial charge in [0, 0.05) is 23.4 Å². The Morgan fingerprint density at radius 2 is 2.24 bits per heavy atom. The van der Waals surface area contributed by atoms with Crippen LogP contribution in [0.25, 0.3) is 0 Å². The van der Waals surface area contributed by atoms with E-state index in [2.05, 4.69) is 15.5 Å². The van der Waals surface area contributed by atoms with E-state index in [0.29, 0.717) is 12.3 Å². The Bertz CT molecular complexity index is 646. The maximum absolute atomic E-state index is 12.4. The first-order valence-electron chi connectivity index (χ1n) is 6.78. The molecule has 2 aromatic rings. The average molecular weight is 287 g/mol. The summed E-state index contributed by atoms with van der Waals surface area (Å²) in [4.78, 5) is 12.4. The zero-order valence-corrected chi connectivity index (χ0v) is 12.0. The summed E-state index contributed by atoms with van der Waals surface area (Å²) in [5.74, 6) is 0.519. The van der Waals surface area contributed by atoms with E-state index in [1.807, 2.05) is 38.1 Å². The fourth-order valence-electron chi connectivity index (χ4n) is 2.40. The largest absolute Gasteiger partial charge is 0.467 e. The lowest BCUT2D eigenvalue weighted by atomic mass is 10.1. The number of amides is 1. The van der Waals surface area contributed by atoms with Crippen molar-refractivity contribution in [3.63, 3.8) is 0 Å². The van der Waals surface area contributed by atoms with Crippen molar-refractivity contribution in [2.45, 2.75) is 26.5 Å². The minimum Gasteiger partial charge on any atom is -0.467 e. The highest BCUT2D eigenvalue weighted by Crippen LogP contribution is 2.31. The van der Waals surface area contributed by atoms with E-state index in [1.54, 1.807) is 0 Å². The highest BCUT2D eigenvalue weighted by Gasteiger charge is 2.28. The van der Waals surface area contributed by atoms with Gasteiger partial charge in [0.15, 0.2) is 12.9 Å². The molecule has 0 saturated heterocycles. The van der Waals surface area contributed by atoms with E-state index in [0.717, 1.165) is 22.5 Å². The predicted octanol–water partition coefficient (Wildman–Crippen LogP) is 1.75. The van der Waals surface area contributed by atoms with Gasteiger partial charge in [0.2, 0.25) is 0 Å². The van der Waals surface area contributed by atoms with Crippen molar-refractivity contribution < 1.29 is 14.3 Å². The van der Waals surface area contributed by atoms with E-state index in [1.165, 1.54) is 0 Å². The second kappa shape index (κ2) is 5.57. The van der Waals surface area contributed by atoms with E-state index in [-0.39, 0.29) is 12.7 Å². The summed E-state index contributed by atoms with van der Waals surface area (Å²) >= 11 is 0. The summed E-state index contributed by atoms with van der Waals surface area (Å²) in [5, 5.41) is 9.92. The molecule has 0 fully saturated rings. The summed E-state index contributed by atoms with van der Waals surface area (Å²) in [7, 11) is 0. The maximum Gasteiger partial charge on any atom is 0.254 e. The van der Waals surface area contributed by atoms with Gasteiger partial charge in [-0.05, 0) is 19.9 Å². The Kier molecular flexibility index (Phi) is 3.62. The molecule has 1 aromatic heterocycles. The Balaban J connectivity index is 1.72. The van der Waals surface area contributed by atoms with Gasteiger partial charge in [0.05, 0.1) is 5.69 Å². The van der Waals surface area contributed by atoms with Gasteiger partial charge < -0.3 is 14.8 Å². The van der Waals surface area contributed by atoms with Crippen LogP contribution in [0.3, 0.4) is 0 Å². The number of ether oxygens (including phenoxy) is 2. The molecule has 1 aliphatic heterocycles. The van der Waals surface area contributed by atoms with Crippen molar-refractivity contribution in [3.8, 4) is 5.75 Å². The summed E-state index contributed by atoms with van der Waals surface area (Å²) < 4.78 is 10.8. The first-order valence-corrected chi connectivity index (χ1v) is 6.78. The number of carbonyl (C=O) groups is 1. The topological polar surface area (TPSA) is 76.2 Å². The normalized spacial score (nSPS) is 17.0. The molecule has 1 aliphatic rings. The second-order valence-corrected chi connectivity index (χ2v) is 4.98. The Morgan fingerprint density at radius 1 is 1.43 bits per heavy atom. The monoisotopic (exact) mass is 287 g/mol. The maximum atomic E-state index is 12.4. The quantitative estimate of drug-likeness (QED) is 0.901. The van der Waals surface area contributed by atoms with Gasteiger partial charge in [-0.1, -0.05) is 18.2 Å². The number of nitrogens with one attached hydrogen (secondary N) is 2. The summed E-state index contributed by atoms with van der Waals surface area (Å²) in [6.07, 6.45) is -0.637. The van der Waals surface area contributed by atoms with Crippen LogP contribution >= 0.6 is 0 Å². The van der Waals surface area contributed by atoms with Gasteiger partial charge in [0.1, 0.15) is 5.75 Å². The molecule has 110 valence electrons. The molecule has 0 radical (unpaired) electrons. The lowest BCUT2D eigenvalue weighted by Crippen LogP contribution is -2.33. The number of hydrogen-bond acceptors (Lipinski definition) is 4. The van der Waals surface area contributed by atoms with E-state index >= 15 is 0 Å².